The van der Waals surface area contributed by atoms with E-state index in [0.29, 0.717) is 20.3 Å². The molecule has 0 aromatic heterocycles. The third-order valence-electron chi connectivity index (χ3n) is 2.03. The molecule has 1 heterocycles. The average Bonchev–Trinajstić information content (AvgIpc) is 2.19. The van der Waals surface area contributed by atoms with E-state index in [1.807, 2.05) is 6.07 Å². The van der Waals surface area contributed by atoms with Crippen molar-refractivity contribution in [2.24, 2.45) is 0 Å². The van der Waals surface area contributed by atoms with E-state index in [1.165, 1.54) is 5.56 Å². The smallest absolute Gasteiger partial charge is 0.151 e. The summed E-state index contributed by atoms with van der Waals surface area (Å²) in [6.07, 6.45) is 0. The Balaban J connectivity index is 2.14. The summed E-state index contributed by atoms with van der Waals surface area (Å²) in [6.45, 7) is 3.71. The fourth-order valence-electron chi connectivity index (χ4n) is 1.36. The summed E-state index contributed by atoms with van der Waals surface area (Å²) in [6, 6.07) is 8.30. The molecule has 0 bridgehead atoms. The number of nitrogens with zero attached hydrogens (tertiary/aromatic N) is 1. The quantitative estimate of drug-likeness (QED) is 0.655. The maximum absolute atomic E-state index is 5.18. The Morgan fingerprint density at radius 1 is 1.23 bits per heavy atom. The molecule has 2 rings (SSSR count). The minimum absolute atomic E-state index is 0.405. The highest BCUT2D eigenvalue weighted by Crippen LogP contribution is 2.17. The predicted octanol–water partition coefficient (Wildman–Crippen LogP) is 1.72. The Morgan fingerprint density at radius 3 is 2.69 bits per heavy atom. The van der Waals surface area contributed by atoms with Gasteiger partial charge in [-0.25, -0.2) is 0 Å². The summed E-state index contributed by atoms with van der Waals surface area (Å²) in [5.74, 6) is 0. The van der Waals surface area contributed by atoms with Crippen molar-refractivity contribution in [2.75, 3.05) is 25.2 Å². The molecule has 13 heavy (non-hydrogen) atoms. The summed E-state index contributed by atoms with van der Waals surface area (Å²) in [4.78, 5) is 2.05. The molecule has 1 aliphatic rings. The van der Waals surface area contributed by atoms with Gasteiger partial charge in [0.1, 0.15) is 13.5 Å². The molecular weight excluding hydrogens is 166 g/mol. The molecular formula is C10H13NO2. The van der Waals surface area contributed by atoms with Gasteiger partial charge in [0.25, 0.3) is 0 Å². The van der Waals surface area contributed by atoms with E-state index in [0.717, 1.165) is 5.69 Å². The van der Waals surface area contributed by atoms with Crippen molar-refractivity contribution in [3.8, 4) is 0 Å². The maximum Gasteiger partial charge on any atom is 0.151 e. The molecule has 3 nitrogen and oxygen atoms in total. The van der Waals surface area contributed by atoms with Crippen LogP contribution in [-0.2, 0) is 9.47 Å². The summed E-state index contributed by atoms with van der Waals surface area (Å²) < 4.78 is 10.4. The third kappa shape index (κ3) is 1.99. The first-order valence-corrected chi connectivity index (χ1v) is 4.33. The van der Waals surface area contributed by atoms with Crippen molar-refractivity contribution in [1.29, 1.82) is 0 Å². The highest BCUT2D eigenvalue weighted by Gasteiger charge is 2.10. The molecule has 0 aliphatic carbocycles. The zero-order chi connectivity index (χ0) is 9.10. The number of ether oxygens (including phenoxy) is 2. The van der Waals surface area contributed by atoms with Crippen LogP contribution in [0.1, 0.15) is 5.56 Å². The number of hydrogen-bond acceptors (Lipinski definition) is 3. The van der Waals surface area contributed by atoms with Gasteiger partial charge in [-0.1, -0.05) is 12.1 Å². The van der Waals surface area contributed by atoms with Crippen LogP contribution in [0.5, 0.6) is 0 Å². The predicted molar refractivity (Wildman–Crippen MR) is 50.4 cm³/mol. The van der Waals surface area contributed by atoms with Gasteiger partial charge in [-0.15, -0.1) is 0 Å². The molecule has 1 aromatic rings. The first kappa shape index (κ1) is 8.53. The Kier molecular flexibility index (Phi) is 2.47. The lowest BCUT2D eigenvalue weighted by molar-refractivity contribution is -0.0942. The molecule has 1 aromatic carbocycles. The molecule has 1 fully saturated rings. The summed E-state index contributed by atoms with van der Waals surface area (Å²) in [5, 5.41) is 0. The molecule has 0 atom stereocenters. The van der Waals surface area contributed by atoms with Crippen LogP contribution in [0.4, 0.5) is 5.69 Å². The van der Waals surface area contributed by atoms with Crippen LogP contribution in [0.3, 0.4) is 0 Å². The molecule has 0 spiro atoms. The van der Waals surface area contributed by atoms with Crippen LogP contribution in [0.25, 0.3) is 0 Å². The first-order valence-electron chi connectivity index (χ1n) is 4.33. The van der Waals surface area contributed by atoms with Gasteiger partial charge in [-0.2, -0.15) is 0 Å². The van der Waals surface area contributed by atoms with Gasteiger partial charge < -0.3 is 14.4 Å². The maximum atomic E-state index is 5.18. The first-order chi connectivity index (χ1) is 6.36. The second kappa shape index (κ2) is 3.77. The van der Waals surface area contributed by atoms with Gasteiger partial charge in [-0.3, -0.25) is 0 Å². The van der Waals surface area contributed by atoms with Crippen molar-refractivity contribution in [3.63, 3.8) is 0 Å². The number of rotatable bonds is 1. The highest BCUT2D eigenvalue weighted by atomic mass is 16.7. The van der Waals surface area contributed by atoms with Crippen LogP contribution in [0, 0.1) is 6.92 Å². The Bertz CT molecular complexity index is 282. The van der Waals surface area contributed by atoms with Crippen molar-refractivity contribution in [3.05, 3.63) is 29.8 Å². The topological polar surface area (TPSA) is 21.7 Å². The highest BCUT2D eigenvalue weighted by molar-refractivity contribution is 5.47. The Labute approximate surface area is 77.9 Å². The van der Waals surface area contributed by atoms with Gasteiger partial charge in [0.15, 0.2) is 6.79 Å². The monoisotopic (exact) mass is 179 g/mol. The van der Waals surface area contributed by atoms with Crippen LogP contribution >= 0.6 is 0 Å². The van der Waals surface area contributed by atoms with Gasteiger partial charge in [-0.05, 0) is 24.6 Å². The molecule has 1 saturated heterocycles. The summed E-state index contributed by atoms with van der Waals surface area (Å²) >= 11 is 0. The lowest BCUT2D eigenvalue weighted by atomic mass is 10.2. The molecule has 0 amide bonds. The Morgan fingerprint density at radius 2 is 2.00 bits per heavy atom. The van der Waals surface area contributed by atoms with Crippen LogP contribution < -0.4 is 4.90 Å². The molecule has 0 radical (unpaired) electrons. The van der Waals surface area contributed by atoms with Crippen molar-refractivity contribution < 1.29 is 9.47 Å². The summed E-state index contributed by atoms with van der Waals surface area (Å²) in [5.41, 5.74) is 2.41. The normalized spacial score (nSPS) is 17.5. The van der Waals surface area contributed by atoms with Gasteiger partial charge in [0, 0.05) is 5.69 Å². The van der Waals surface area contributed by atoms with Gasteiger partial charge >= 0.3 is 0 Å². The number of anilines is 1. The second-order valence-corrected chi connectivity index (χ2v) is 3.16. The molecule has 0 saturated carbocycles. The average molecular weight is 179 g/mol. The minimum atomic E-state index is 0.405. The number of aryl methyl sites for hydroxylation is 1. The minimum Gasteiger partial charge on any atom is -0.335 e. The fraction of sp³-hybridized carbons (Fsp3) is 0.400. The van der Waals surface area contributed by atoms with E-state index in [1.54, 1.807) is 0 Å². The zero-order valence-corrected chi connectivity index (χ0v) is 7.69. The van der Waals surface area contributed by atoms with E-state index in [2.05, 4.69) is 30.0 Å². The van der Waals surface area contributed by atoms with Crippen molar-refractivity contribution in [2.45, 2.75) is 6.92 Å². The lowest BCUT2D eigenvalue weighted by Gasteiger charge is -2.28. The molecule has 70 valence electrons. The van der Waals surface area contributed by atoms with E-state index >= 15 is 0 Å². The van der Waals surface area contributed by atoms with Gasteiger partial charge in [0.05, 0.1) is 0 Å². The molecule has 1 aliphatic heterocycles. The van der Waals surface area contributed by atoms with Crippen LogP contribution in [0.2, 0.25) is 0 Å². The lowest BCUT2D eigenvalue weighted by Crippen LogP contribution is -2.34. The van der Waals surface area contributed by atoms with E-state index in [9.17, 15) is 0 Å². The number of benzene rings is 1. The summed E-state index contributed by atoms with van der Waals surface area (Å²) in [7, 11) is 0. The zero-order valence-electron chi connectivity index (χ0n) is 7.69. The SMILES string of the molecule is Cc1cccc(N2COCOC2)c1. The van der Waals surface area contributed by atoms with Crippen molar-refractivity contribution in [1.82, 2.24) is 0 Å². The number of hydrogen-bond donors (Lipinski definition) is 0. The van der Waals surface area contributed by atoms with E-state index in [-0.39, 0.29) is 0 Å². The van der Waals surface area contributed by atoms with E-state index < -0.39 is 0 Å². The standard InChI is InChI=1S/C10H13NO2/c1-9-3-2-4-10(5-9)11-6-12-8-13-7-11/h2-5H,6-8H2,1H3. The molecule has 0 N–H and O–H groups in total. The third-order valence-corrected chi connectivity index (χ3v) is 2.03. The van der Waals surface area contributed by atoms with Crippen LogP contribution in [0.15, 0.2) is 24.3 Å². The van der Waals surface area contributed by atoms with Crippen LogP contribution in [-0.4, -0.2) is 20.3 Å². The van der Waals surface area contributed by atoms with Gasteiger partial charge in [0.2, 0.25) is 0 Å². The van der Waals surface area contributed by atoms with E-state index in [4.69, 9.17) is 9.47 Å². The largest absolute Gasteiger partial charge is 0.335 e. The molecule has 3 heteroatoms. The van der Waals surface area contributed by atoms with Crippen molar-refractivity contribution >= 4 is 5.69 Å². The fourth-order valence-corrected chi connectivity index (χ4v) is 1.36. The Hall–Kier alpha value is -1.06. The second-order valence-electron chi connectivity index (χ2n) is 3.16. The molecule has 0 unspecified atom stereocenters.